The van der Waals surface area contributed by atoms with Crippen LogP contribution in [0, 0.1) is 49.4 Å². The van der Waals surface area contributed by atoms with Crippen LogP contribution < -0.4 is 25.0 Å². The van der Waals surface area contributed by atoms with Crippen LogP contribution >= 0.6 is 0 Å². The summed E-state index contributed by atoms with van der Waals surface area (Å²) in [6.07, 6.45) is 2.40. The number of fused-ring (bicyclic) bond motifs is 3. The van der Waals surface area contributed by atoms with Crippen molar-refractivity contribution in [2.45, 2.75) is 25.6 Å². The predicted octanol–water partition coefficient (Wildman–Crippen LogP) is 0.787. The number of hydrogen-bond acceptors (Lipinski definition) is 13. The molecule has 0 spiro atoms. The van der Waals surface area contributed by atoms with Crippen molar-refractivity contribution >= 4 is 69.7 Å². The molecule has 0 bridgehead atoms. The first kappa shape index (κ1) is 56.8. The summed E-state index contributed by atoms with van der Waals surface area (Å²) in [5.74, 6) is -2.78. The van der Waals surface area contributed by atoms with Crippen molar-refractivity contribution in [2.24, 2.45) is 0 Å². The van der Waals surface area contributed by atoms with Crippen molar-refractivity contribution in [3.05, 3.63) is 108 Å². The number of benzene rings is 4. The van der Waals surface area contributed by atoms with Crippen molar-refractivity contribution in [3.8, 4) is 5.75 Å². The maximum Gasteiger partial charge on any atom is 3.00 e. The Bertz CT molecular complexity index is 2580. The molecule has 1 atom stereocenters. The van der Waals surface area contributed by atoms with E-state index in [1.54, 1.807) is 45.9 Å². The third-order valence-electron chi connectivity index (χ3n) is 12.8. The maximum atomic E-state index is 13.9. The number of likely N-dealkylation sites (N-methyl/N-ethyl adjacent to an activating group) is 1. The summed E-state index contributed by atoms with van der Waals surface area (Å²) in [5.41, 5.74) is 3.65. The zero-order valence-electron chi connectivity index (χ0n) is 40.4. The fourth-order valence-electron chi connectivity index (χ4n) is 8.99. The first-order valence-electron chi connectivity index (χ1n) is 23.3. The number of rotatable bonds is 20. The number of aromatic nitrogens is 1. The number of methoxy groups -OCH3 is 1. The molecular weight excluding hydrogens is 1050 g/mol. The molecular formula is C50H64BEuN8O11+4. The molecule has 1 aliphatic rings. The minimum atomic E-state index is -1.68. The van der Waals surface area contributed by atoms with E-state index in [1.165, 1.54) is 0 Å². The number of nitrogens with zero attached hydrogens (tertiary/aromatic N) is 7. The molecule has 1 aromatic heterocycles. The average molecular weight is 1120 g/mol. The van der Waals surface area contributed by atoms with Crippen LogP contribution in [0.25, 0.3) is 21.7 Å². The van der Waals surface area contributed by atoms with Crippen LogP contribution in [0.5, 0.6) is 5.75 Å². The first-order chi connectivity index (χ1) is 33.6. The van der Waals surface area contributed by atoms with Gasteiger partial charge < -0.3 is 45.2 Å². The van der Waals surface area contributed by atoms with E-state index in [0.29, 0.717) is 50.4 Å². The second-order valence-corrected chi connectivity index (χ2v) is 17.7. The number of carbonyl (C=O) groups is 5. The van der Waals surface area contributed by atoms with Crippen LogP contribution in [0.4, 0.5) is 5.69 Å². The number of ether oxygens (including phenoxy) is 1. The van der Waals surface area contributed by atoms with Crippen molar-refractivity contribution < 1.29 is 108 Å². The van der Waals surface area contributed by atoms with Gasteiger partial charge in [0.25, 0.3) is 5.91 Å². The molecule has 6 rings (SSSR count). The number of amides is 2. The Kier molecular flexibility index (Phi) is 22.1. The molecule has 1 saturated heterocycles. The Morgan fingerprint density at radius 1 is 0.704 bits per heavy atom. The number of carboxylic acids is 3. The van der Waals surface area contributed by atoms with E-state index in [-0.39, 0.29) is 133 Å². The average Bonchev–Trinajstić information content (AvgIpc) is 3.33. The molecule has 0 radical (unpaired) electrons. The monoisotopic (exact) mass is 1120 g/mol. The van der Waals surface area contributed by atoms with Crippen LogP contribution in [0.3, 0.4) is 0 Å². The van der Waals surface area contributed by atoms with E-state index in [2.05, 4.69) is 5.32 Å². The predicted molar refractivity (Wildman–Crippen MR) is 265 cm³/mol. The summed E-state index contributed by atoms with van der Waals surface area (Å²) >= 11 is 0. The number of carboxylic acid groups (broad SMARTS) is 3. The van der Waals surface area contributed by atoms with Crippen molar-refractivity contribution in [3.63, 3.8) is 0 Å². The molecule has 0 saturated carbocycles. The van der Waals surface area contributed by atoms with Gasteiger partial charge in [0.05, 0.1) is 44.7 Å². The van der Waals surface area contributed by atoms with E-state index in [0.717, 1.165) is 38.5 Å². The largest absolute Gasteiger partial charge is 3.00 e. The Hall–Kier alpha value is -5.09. The zero-order valence-corrected chi connectivity index (χ0v) is 42.8. The first-order valence-corrected chi connectivity index (χ1v) is 23.3. The molecule has 71 heavy (non-hydrogen) atoms. The summed E-state index contributed by atoms with van der Waals surface area (Å²) in [6, 6.07) is 28.2. The van der Waals surface area contributed by atoms with E-state index in [9.17, 15) is 49.3 Å². The molecule has 1 fully saturated rings. The summed E-state index contributed by atoms with van der Waals surface area (Å²) in [6.45, 7) is 2.16. The van der Waals surface area contributed by atoms with Crippen molar-refractivity contribution in [2.75, 3.05) is 111 Å². The Morgan fingerprint density at radius 2 is 1.24 bits per heavy atom. The van der Waals surface area contributed by atoms with E-state index >= 15 is 0 Å². The molecule has 1 unspecified atom stereocenters. The van der Waals surface area contributed by atoms with Crippen molar-refractivity contribution in [1.29, 1.82) is 0 Å². The van der Waals surface area contributed by atoms with Crippen LogP contribution in [0.2, 0.25) is 0 Å². The molecule has 0 aliphatic carbocycles. The van der Waals surface area contributed by atoms with Gasteiger partial charge in [0.1, 0.15) is 5.75 Å². The van der Waals surface area contributed by atoms with E-state index < -0.39 is 25.0 Å². The minimum Gasteiger partial charge on any atom is -0.497 e. The quantitative estimate of drug-likeness (QED) is 0.0360. The topological polar surface area (TPSA) is 231 Å². The molecule has 5 aromatic rings. The Labute approximate surface area is 454 Å². The van der Waals surface area contributed by atoms with Gasteiger partial charge in [-0.05, 0) is 59.4 Å². The van der Waals surface area contributed by atoms with Gasteiger partial charge in [-0.2, -0.15) is 4.57 Å². The SMILES string of the molecule is COc1ccc(N(C)C(CCNC(=O)C[n+]2cc3ccccc3c3cc(CN(C)C(=O)CN4CCN(CC(=O)O)CCN(CC(=O)O)CCN(CC(=O)O)CC4)ccc32)c2ccccc2B(O)O)cc1.[Eu+3]. The van der Waals surface area contributed by atoms with E-state index in [4.69, 9.17) is 4.74 Å². The number of hydrogen-bond donors (Lipinski definition) is 6. The molecule has 19 nitrogen and oxygen atoms in total. The molecule has 2 amide bonds. The van der Waals surface area contributed by atoms with Gasteiger partial charge in [-0.25, -0.2) is 0 Å². The molecule has 2 heterocycles. The fraction of sp³-hybridized carbons (Fsp3) is 0.400. The molecule has 376 valence electrons. The van der Waals surface area contributed by atoms with Gasteiger partial charge in [-0.1, -0.05) is 48.5 Å². The van der Waals surface area contributed by atoms with Crippen LogP contribution in [0.1, 0.15) is 23.6 Å². The second kappa shape index (κ2) is 27.7. The Morgan fingerprint density at radius 3 is 1.79 bits per heavy atom. The molecule has 4 aromatic carbocycles. The summed E-state index contributed by atoms with van der Waals surface area (Å²) in [7, 11) is 3.56. The van der Waals surface area contributed by atoms with Gasteiger partial charge in [0.2, 0.25) is 18.0 Å². The van der Waals surface area contributed by atoms with Crippen LogP contribution in [0.15, 0.2) is 97.2 Å². The fourth-order valence-corrected chi connectivity index (χ4v) is 8.99. The standard InChI is InChI=1S/C50H63BN8O11.Eu/c1-53(47(61)32-55-20-22-56(33-48(62)63)24-26-58(35-50(66)67)27-25-57(23-21-55)34-49(64)65)29-36-12-17-45-42(28-36)40-9-5-4-8-37(40)30-59(45)31-46(60)52-19-18-44(41-10-6-7-11-43(41)51(68)69)54(2)38-13-15-39(70-3)16-14-38;/h4-17,28,30,44,68-69H,18-27,29,31-35H2,1-3H3,(H3-,52,60,62,63,64,65,66,67);/q;+3/p+1. The van der Waals surface area contributed by atoms with E-state index in [1.807, 2.05) is 106 Å². The molecule has 1 aliphatic heterocycles. The number of anilines is 1. The van der Waals surface area contributed by atoms with Crippen LogP contribution in [-0.4, -0.2) is 193 Å². The van der Waals surface area contributed by atoms with Crippen molar-refractivity contribution in [1.82, 2.24) is 29.8 Å². The number of aliphatic carboxylic acids is 3. The number of carbonyl (C=O) groups excluding carboxylic acids is 2. The summed E-state index contributed by atoms with van der Waals surface area (Å²) in [5, 5.41) is 55.1. The van der Waals surface area contributed by atoms with Crippen LogP contribution in [-0.2, 0) is 37.1 Å². The minimum absolute atomic E-state index is 0. The smallest absolute Gasteiger partial charge is 0.497 e. The Balaban J connectivity index is 0.00000937. The summed E-state index contributed by atoms with van der Waals surface area (Å²) < 4.78 is 7.26. The zero-order chi connectivity index (χ0) is 50.3. The van der Waals surface area contributed by atoms with Gasteiger partial charge in [0.15, 0.2) is 6.20 Å². The normalized spacial score (nSPS) is 14.9. The molecule has 6 N–H and O–H groups in total. The number of pyridine rings is 1. The van der Waals surface area contributed by atoms with Gasteiger partial charge in [-0.3, -0.25) is 43.6 Å². The summed E-state index contributed by atoms with van der Waals surface area (Å²) in [4.78, 5) is 73.5. The third kappa shape index (κ3) is 16.7. The van der Waals surface area contributed by atoms with Gasteiger partial charge in [0, 0.05) is 102 Å². The number of nitrogens with one attached hydrogen (secondary N) is 1. The second-order valence-electron chi connectivity index (χ2n) is 17.7. The maximum absolute atomic E-state index is 13.9. The van der Waals surface area contributed by atoms with Gasteiger partial charge >= 0.3 is 74.4 Å². The molecule has 21 heteroatoms. The van der Waals surface area contributed by atoms with Gasteiger partial charge in [-0.15, -0.1) is 0 Å². The third-order valence-corrected chi connectivity index (χ3v) is 12.8.